The number of para-hydroxylation sites is 1. The standard InChI is InChI=1S/C16H16N2O3/c1-21-12-6-4-5-11(10-17)14(12)18-13(19)9-16(15(18)20)7-2-3-8-16/h4-6H,2-3,7-9H2,1H3. The zero-order valence-electron chi connectivity index (χ0n) is 11.9. The lowest BCUT2D eigenvalue weighted by atomic mass is 9.84. The predicted molar refractivity (Wildman–Crippen MR) is 75.7 cm³/mol. The van der Waals surface area contributed by atoms with Crippen LogP contribution >= 0.6 is 0 Å². The van der Waals surface area contributed by atoms with Crippen LogP contribution in [0.4, 0.5) is 5.69 Å². The second-order valence-electron chi connectivity index (χ2n) is 5.67. The fourth-order valence-electron chi connectivity index (χ4n) is 3.47. The lowest BCUT2D eigenvalue weighted by molar-refractivity contribution is -0.125. The van der Waals surface area contributed by atoms with Crippen LogP contribution < -0.4 is 9.64 Å². The lowest BCUT2D eigenvalue weighted by Gasteiger charge is -2.22. The average molecular weight is 284 g/mol. The van der Waals surface area contributed by atoms with Crippen LogP contribution in [0.1, 0.15) is 37.7 Å². The highest BCUT2D eigenvalue weighted by molar-refractivity contribution is 6.23. The molecule has 1 aromatic rings. The van der Waals surface area contributed by atoms with Crippen molar-refractivity contribution in [2.45, 2.75) is 32.1 Å². The van der Waals surface area contributed by atoms with E-state index in [1.54, 1.807) is 18.2 Å². The Morgan fingerprint density at radius 2 is 2.00 bits per heavy atom. The summed E-state index contributed by atoms with van der Waals surface area (Å²) in [7, 11) is 1.47. The van der Waals surface area contributed by atoms with E-state index in [1.165, 1.54) is 12.0 Å². The van der Waals surface area contributed by atoms with Crippen molar-refractivity contribution < 1.29 is 14.3 Å². The summed E-state index contributed by atoms with van der Waals surface area (Å²) in [4.78, 5) is 26.4. The highest BCUT2D eigenvalue weighted by Crippen LogP contribution is 2.49. The number of anilines is 1. The molecule has 0 radical (unpaired) electrons. The van der Waals surface area contributed by atoms with Crippen LogP contribution in [0.15, 0.2) is 18.2 Å². The van der Waals surface area contributed by atoms with Gasteiger partial charge in [-0.25, -0.2) is 4.90 Å². The number of hydrogen-bond donors (Lipinski definition) is 0. The first kappa shape index (κ1) is 13.6. The molecule has 1 aromatic carbocycles. The number of carbonyl (C=O) groups is 2. The van der Waals surface area contributed by atoms with Crippen molar-refractivity contribution in [3.63, 3.8) is 0 Å². The van der Waals surface area contributed by atoms with Gasteiger partial charge < -0.3 is 4.74 Å². The number of ether oxygens (including phenoxy) is 1. The molecule has 1 aliphatic carbocycles. The summed E-state index contributed by atoms with van der Waals surface area (Å²) in [5, 5.41) is 9.27. The minimum Gasteiger partial charge on any atom is -0.495 e. The van der Waals surface area contributed by atoms with Crippen molar-refractivity contribution in [3.05, 3.63) is 23.8 Å². The molecule has 2 amide bonds. The molecule has 0 atom stereocenters. The van der Waals surface area contributed by atoms with E-state index in [2.05, 4.69) is 0 Å². The van der Waals surface area contributed by atoms with Gasteiger partial charge in [0.25, 0.3) is 0 Å². The van der Waals surface area contributed by atoms with Gasteiger partial charge in [0.2, 0.25) is 11.8 Å². The van der Waals surface area contributed by atoms with Crippen molar-refractivity contribution in [2.75, 3.05) is 12.0 Å². The summed E-state index contributed by atoms with van der Waals surface area (Å²) >= 11 is 0. The Hall–Kier alpha value is -2.35. The van der Waals surface area contributed by atoms with Gasteiger partial charge in [-0.1, -0.05) is 18.9 Å². The number of imide groups is 1. The number of nitriles is 1. The van der Waals surface area contributed by atoms with Crippen molar-refractivity contribution in [1.82, 2.24) is 0 Å². The van der Waals surface area contributed by atoms with Gasteiger partial charge in [0, 0.05) is 6.42 Å². The smallest absolute Gasteiger partial charge is 0.240 e. The zero-order chi connectivity index (χ0) is 15.0. The lowest BCUT2D eigenvalue weighted by Crippen LogP contribution is -2.35. The summed E-state index contributed by atoms with van der Waals surface area (Å²) in [5.41, 5.74) is 0.0253. The molecule has 2 aliphatic rings. The summed E-state index contributed by atoms with van der Waals surface area (Å²) in [5.74, 6) is -0.0281. The molecular formula is C16H16N2O3. The maximum atomic E-state index is 12.8. The van der Waals surface area contributed by atoms with Gasteiger partial charge in [-0.05, 0) is 25.0 Å². The number of amides is 2. The molecule has 2 fully saturated rings. The first-order valence-corrected chi connectivity index (χ1v) is 7.07. The largest absolute Gasteiger partial charge is 0.495 e. The monoisotopic (exact) mass is 284 g/mol. The number of hydrogen-bond acceptors (Lipinski definition) is 4. The Bertz CT molecular complexity index is 654. The van der Waals surface area contributed by atoms with E-state index in [0.717, 1.165) is 25.7 Å². The minimum absolute atomic E-state index is 0.175. The second kappa shape index (κ2) is 4.88. The molecule has 1 aliphatic heterocycles. The first-order valence-electron chi connectivity index (χ1n) is 7.07. The molecule has 3 rings (SSSR count). The number of rotatable bonds is 2. The molecule has 0 aromatic heterocycles. The van der Waals surface area contributed by atoms with E-state index in [4.69, 9.17) is 4.74 Å². The molecule has 21 heavy (non-hydrogen) atoms. The SMILES string of the molecule is COc1cccc(C#N)c1N1C(=O)CC2(CCCC2)C1=O. The van der Waals surface area contributed by atoms with Gasteiger partial charge in [-0.2, -0.15) is 5.26 Å². The summed E-state index contributed by atoms with van der Waals surface area (Å²) < 4.78 is 5.25. The molecule has 0 bridgehead atoms. The Kier molecular flexibility index (Phi) is 3.17. The van der Waals surface area contributed by atoms with Crippen molar-refractivity contribution >= 4 is 17.5 Å². The highest BCUT2D eigenvalue weighted by Gasteiger charge is 2.54. The first-order chi connectivity index (χ1) is 10.1. The second-order valence-corrected chi connectivity index (χ2v) is 5.67. The summed E-state index contributed by atoms with van der Waals surface area (Å²) in [6, 6.07) is 6.98. The molecular weight excluding hydrogens is 268 g/mol. The van der Waals surface area contributed by atoms with E-state index in [0.29, 0.717) is 11.4 Å². The molecule has 1 saturated carbocycles. The van der Waals surface area contributed by atoms with Gasteiger partial charge >= 0.3 is 0 Å². The summed E-state index contributed by atoms with van der Waals surface area (Å²) in [6.07, 6.45) is 3.71. The van der Waals surface area contributed by atoms with Crippen LogP contribution in [0.25, 0.3) is 0 Å². The topological polar surface area (TPSA) is 70.4 Å². The van der Waals surface area contributed by atoms with Crippen molar-refractivity contribution in [2.24, 2.45) is 5.41 Å². The Balaban J connectivity index is 2.11. The van der Waals surface area contributed by atoms with Crippen molar-refractivity contribution in [1.29, 1.82) is 5.26 Å². The molecule has 0 unspecified atom stereocenters. The van der Waals surface area contributed by atoms with Gasteiger partial charge in [0.15, 0.2) is 0 Å². The van der Waals surface area contributed by atoms with E-state index >= 15 is 0 Å². The van der Waals surface area contributed by atoms with Gasteiger partial charge in [-0.3, -0.25) is 9.59 Å². The van der Waals surface area contributed by atoms with E-state index in [1.807, 2.05) is 6.07 Å². The maximum Gasteiger partial charge on any atom is 0.240 e. The number of methoxy groups -OCH3 is 1. The molecule has 1 heterocycles. The number of benzene rings is 1. The Morgan fingerprint density at radius 3 is 2.62 bits per heavy atom. The number of nitrogens with zero attached hydrogens (tertiary/aromatic N) is 2. The zero-order valence-corrected chi connectivity index (χ0v) is 11.9. The van der Waals surface area contributed by atoms with Crippen LogP contribution in [0.5, 0.6) is 5.75 Å². The molecule has 5 heteroatoms. The Morgan fingerprint density at radius 1 is 1.29 bits per heavy atom. The minimum atomic E-state index is -0.551. The van der Waals surface area contributed by atoms with Crippen molar-refractivity contribution in [3.8, 4) is 11.8 Å². The third kappa shape index (κ3) is 1.90. The van der Waals surface area contributed by atoms with E-state index in [9.17, 15) is 14.9 Å². The fraction of sp³-hybridized carbons (Fsp3) is 0.438. The predicted octanol–water partition coefficient (Wildman–Crippen LogP) is 2.39. The normalized spacial score (nSPS) is 20.1. The van der Waals surface area contributed by atoms with Crippen LogP contribution in [-0.2, 0) is 9.59 Å². The molecule has 5 nitrogen and oxygen atoms in total. The molecule has 1 saturated heterocycles. The third-order valence-electron chi connectivity index (χ3n) is 4.52. The van der Waals surface area contributed by atoms with Crippen LogP contribution in [0.2, 0.25) is 0 Å². The van der Waals surface area contributed by atoms with Crippen LogP contribution in [0, 0.1) is 16.7 Å². The fourth-order valence-corrected chi connectivity index (χ4v) is 3.47. The van der Waals surface area contributed by atoms with Crippen LogP contribution in [-0.4, -0.2) is 18.9 Å². The average Bonchev–Trinajstić information content (AvgIpc) is 3.05. The highest BCUT2D eigenvalue weighted by atomic mass is 16.5. The summed E-state index contributed by atoms with van der Waals surface area (Å²) in [6.45, 7) is 0. The quantitative estimate of drug-likeness (QED) is 0.782. The number of carbonyl (C=O) groups excluding carboxylic acids is 2. The van der Waals surface area contributed by atoms with Gasteiger partial charge in [-0.15, -0.1) is 0 Å². The third-order valence-corrected chi connectivity index (χ3v) is 4.52. The van der Waals surface area contributed by atoms with E-state index < -0.39 is 5.41 Å². The molecule has 0 N–H and O–H groups in total. The Labute approximate surface area is 123 Å². The van der Waals surface area contributed by atoms with E-state index in [-0.39, 0.29) is 23.8 Å². The molecule has 1 spiro atoms. The van der Waals surface area contributed by atoms with Crippen LogP contribution in [0.3, 0.4) is 0 Å². The maximum absolute atomic E-state index is 12.8. The molecule has 108 valence electrons. The van der Waals surface area contributed by atoms with Gasteiger partial charge in [0.1, 0.15) is 17.5 Å². The van der Waals surface area contributed by atoms with Gasteiger partial charge in [0.05, 0.1) is 18.1 Å².